The molecule has 146 valence electrons. The van der Waals surface area contributed by atoms with E-state index in [-0.39, 0.29) is 17.5 Å². The van der Waals surface area contributed by atoms with Gasteiger partial charge < -0.3 is 15.0 Å². The van der Waals surface area contributed by atoms with Gasteiger partial charge in [-0.25, -0.2) is 4.98 Å². The number of hydrogen-bond donors (Lipinski definition) is 1. The van der Waals surface area contributed by atoms with Crippen molar-refractivity contribution in [3.05, 3.63) is 17.6 Å². The van der Waals surface area contributed by atoms with Gasteiger partial charge in [0.05, 0.1) is 12.8 Å². The van der Waals surface area contributed by atoms with Crippen molar-refractivity contribution in [2.75, 3.05) is 20.7 Å². The maximum Gasteiger partial charge on any atom is 0.272 e. The Morgan fingerprint density at radius 2 is 1.89 bits per heavy atom. The number of hydrogen-bond acceptors (Lipinski definition) is 5. The third-order valence-electron chi connectivity index (χ3n) is 5.43. The van der Waals surface area contributed by atoms with Crippen molar-refractivity contribution in [3.8, 4) is 5.88 Å². The Bertz CT molecular complexity index is 724. The fourth-order valence-electron chi connectivity index (χ4n) is 3.17. The van der Waals surface area contributed by atoms with Crippen LogP contribution in [0.1, 0.15) is 67.0 Å². The first kappa shape index (κ1) is 18.2. The molecular weight excluding hydrogens is 344 g/mol. The molecule has 27 heavy (non-hydrogen) atoms. The topological polar surface area (TPSA) is 84.4 Å². The van der Waals surface area contributed by atoms with Gasteiger partial charge in [-0.15, -0.1) is 0 Å². The van der Waals surface area contributed by atoms with Crippen molar-refractivity contribution in [3.63, 3.8) is 0 Å². The smallest absolute Gasteiger partial charge is 0.272 e. The maximum atomic E-state index is 12.7. The Morgan fingerprint density at radius 3 is 2.48 bits per heavy atom. The van der Waals surface area contributed by atoms with Crippen LogP contribution in [0.3, 0.4) is 0 Å². The van der Waals surface area contributed by atoms with Crippen LogP contribution in [0.2, 0.25) is 0 Å². The lowest BCUT2D eigenvalue weighted by molar-refractivity contribution is -0.131. The molecule has 7 heteroatoms. The second kappa shape index (κ2) is 7.44. The molecule has 0 bridgehead atoms. The van der Waals surface area contributed by atoms with Crippen molar-refractivity contribution < 1.29 is 14.3 Å². The van der Waals surface area contributed by atoms with Crippen LogP contribution in [-0.2, 0) is 4.79 Å². The zero-order valence-corrected chi connectivity index (χ0v) is 16.1. The summed E-state index contributed by atoms with van der Waals surface area (Å²) in [6.07, 6.45) is 9.04. The van der Waals surface area contributed by atoms with E-state index in [2.05, 4.69) is 15.3 Å². The van der Waals surface area contributed by atoms with E-state index in [1.54, 1.807) is 14.1 Å². The van der Waals surface area contributed by atoms with E-state index in [1.807, 2.05) is 0 Å². The summed E-state index contributed by atoms with van der Waals surface area (Å²) in [5.41, 5.74) is 1.09. The number of amides is 2. The number of rotatable bonds is 9. The zero-order valence-electron chi connectivity index (χ0n) is 16.1. The molecule has 0 aromatic carbocycles. The minimum absolute atomic E-state index is 0.0805. The first-order valence-electron chi connectivity index (χ1n) is 10.0. The summed E-state index contributed by atoms with van der Waals surface area (Å²) in [5.74, 6) is 1.60. The van der Waals surface area contributed by atoms with E-state index in [9.17, 15) is 9.59 Å². The molecule has 2 amide bonds. The number of carbonyl (C=O) groups excluding carboxylic acids is 2. The maximum absolute atomic E-state index is 12.7. The zero-order chi connectivity index (χ0) is 19.0. The highest BCUT2D eigenvalue weighted by Gasteiger charge is 2.33. The van der Waals surface area contributed by atoms with Crippen molar-refractivity contribution in [1.29, 1.82) is 0 Å². The lowest BCUT2D eigenvalue weighted by atomic mass is 10.1. The lowest BCUT2D eigenvalue weighted by Crippen LogP contribution is -2.46. The largest absolute Gasteiger partial charge is 0.476 e. The van der Waals surface area contributed by atoms with Gasteiger partial charge in [0.1, 0.15) is 17.4 Å². The average Bonchev–Trinajstić information content (AvgIpc) is 3.49. The average molecular weight is 372 g/mol. The molecule has 1 aromatic heterocycles. The van der Waals surface area contributed by atoms with Crippen LogP contribution in [0.25, 0.3) is 0 Å². The Hall–Kier alpha value is -2.18. The summed E-state index contributed by atoms with van der Waals surface area (Å²) in [5, 5.41) is 2.87. The van der Waals surface area contributed by atoms with Crippen molar-refractivity contribution in [1.82, 2.24) is 20.2 Å². The van der Waals surface area contributed by atoms with Gasteiger partial charge in [0, 0.05) is 20.0 Å². The van der Waals surface area contributed by atoms with E-state index in [0.717, 1.165) is 31.4 Å². The molecule has 1 aromatic rings. The highest BCUT2D eigenvalue weighted by atomic mass is 16.5. The van der Waals surface area contributed by atoms with E-state index in [0.29, 0.717) is 36.7 Å². The van der Waals surface area contributed by atoms with Gasteiger partial charge in [-0.05, 0) is 43.9 Å². The van der Waals surface area contributed by atoms with Gasteiger partial charge in [-0.1, -0.05) is 12.8 Å². The second-order valence-corrected chi connectivity index (χ2v) is 8.41. The minimum Gasteiger partial charge on any atom is -0.476 e. The Morgan fingerprint density at radius 1 is 1.19 bits per heavy atom. The number of carbonyl (C=O) groups is 2. The van der Waals surface area contributed by atoms with Crippen LogP contribution in [0.5, 0.6) is 5.88 Å². The summed E-state index contributed by atoms with van der Waals surface area (Å²) in [4.78, 5) is 35.6. The monoisotopic (exact) mass is 372 g/mol. The molecule has 1 atom stereocenters. The number of aromatic nitrogens is 2. The molecule has 1 heterocycles. The van der Waals surface area contributed by atoms with Gasteiger partial charge in [0.15, 0.2) is 0 Å². The molecule has 3 aliphatic rings. The Balaban J connectivity index is 1.47. The van der Waals surface area contributed by atoms with Crippen LogP contribution in [-0.4, -0.2) is 53.4 Å². The fourth-order valence-corrected chi connectivity index (χ4v) is 3.17. The second-order valence-electron chi connectivity index (χ2n) is 8.41. The third kappa shape index (κ3) is 4.76. The molecule has 3 saturated carbocycles. The van der Waals surface area contributed by atoms with E-state index in [1.165, 1.54) is 23.9 Å². The highest BCUT2D eigenvalue weighted by molar-refractivity contribution is 5.96. The van der Waals surface area contributed by atoms with Crippen LogP contribution in [0.15, 0.2) is 6.20 Å². The van der Waals surface area contributed by atoms with Gasteiger partial charge >= 0.3 is 0 Å². The lowest BCUT2D eigenvalue weighted by Gasteiger charge is -2.21. The van der Waals surface area contributed by atoms with Crippen LogP contribution in [0, 0.1) is 11.8 Å². The molecule has 1 N–H and O–H groups in total. The van der Waals surface area contributed by atoms with Crippen molar-refractivity contribution in [2.45, 2.75) is 56.9 Å². The summed E-state index contributed by atoms with van der Waals surface area (Å²) in [6.45, 7) is 0.642. The summed E-state index contributed by atoms with van der Waals surface area (Å²) < 4.78 is 5.89. The van der Waals surface area contributed by atoms with Gasteiger partial charge in [-0.2, -0.15) is 0 Å². The van der Waals surface area contributed by atoms with Crippen LogP contribution in [0.4, 0.5) is 0 Å². The van der Waals surface area contributed by atoms with Crippen LogP contribution < -0.4 is 10.1 Å². The van der Waals surface area contributed by atoms with Gasteiger partial charge in [-0.3, -0.25) is 14.6 Å². The Labute approximate surface area is 159 Å². The first-order chi connectivity index (χ1) is 13.0. The number of nitrogens with zero attached hydrogens (tertiary/aromatic N) is 3. The first-order valence-corrected chi connectivity index (χ1v) is 10.0. The van der Waals surface area contributed by atoms with E-state index >= 15 is 0 Å². The molecular formula is C20H28N4O3. The normalized spacial score (nSPS) is 20.1. The van der Waals surface area contributed by atoms with E-state index < -0.39 is 6.04 Å². The summed E-state index contributed by atoms with van der Waals surface area (Å²) in [7, 11) is 3.42. The molecule has 4 rings (SSSR count). The number of ether oxygens (including phenoxy) is 1. The minimum atomic E-state index is -0.513. The quantitative estimate of drug-likeness (QED) is 0.718. The molecule has 7 nitrogen and oxygen atoms in total. The highest BCUT2D eigenvalue weighted by Crippen LogP contribution is 2.43. The predicted octanol–water partition coefficient (Wildman–Crippen LogP) is 2.13. The molecule has 0 unspecified atom stereocenters. The summed E-state index contributed by atoms with van der Waals surface area (Å²) >= 11 is 0. The standard InChI is InChI=1S/C20H28N4O3/c1-24(2)20(26)15(9-12-3-4-12)22-18(25)16-10-21-17(14-7-8-14)19(23-16)27-11-13-5-6-13/h10,12-15H,3-9,11H2,1-2H3,(H,22,25)/t15-/m0/s1. The third-order valence-corrected chi connectivity index (χ3v) is 5.43. The predicted molar refractivity (Wildman–Crippen MR) is 99.5 cm³/mol. The number of likely N-dealkylation sites (N-methyl/N-ethyl adjacent to an activating group) is 1. The molecule has 0 radical (unpaired) electrons. The molecule has 0 spiro atoms. The summed E-state index contributed by atoms with van der Waals surface area (Å²) in [6, 6.07) is -0.513. The Kier molecular flexibility index (Phi) is 5.02. The molecule has 0 aliphatic heterocycles. The SMILES string of the molecule is CN(C)C(=O)[C@H](CC1CC1)NC(=O)c1cnc(C2CC2)c(OCC2CC2)n1. The van der Waals surface area contributed by atoms with E-state index in [4.69, 9.17) is 4.74 Å². The fraction of sp³-hybridized carbons (Fsp3) is 0.700. The van der Waals surface area contributed by atoms with Gasteiger partial charge in [0.2, 0.25) is 11.8 Å². The van der Waals surface area contributed by atoms with Crippen molar-refractivity contribution in [2.24, 2.45) is 11.8 Å². The molecule has 3 fully saturated rings. The van der Waals surface area contributed by atoms with Crippen molar-refractivity contribution >= 4 is 11.8 Å². The molecule has 3 aliphatic carbocycles. The molecule has 0 saturated heterocycles. The number of nitrogens with one attached hydrogen (secondary N) is 1. The van der Waals surface area contributed by atoms with Gasteiger partial charge in [0.25, 0.3) is 5.91 Å². The van der Waals surface area contributed by atoms with Crippen LogP contribution >= 0.6 is 0 Å².